The Morgan fingerprint density at radius 1 is 1.04 bits per heavy atom. The first-order valence-electron chi connectivity index (χ1n) is 8.12. The lowest BCUT2D eigenvalue weighted by Crippen LogP contribution is -2.41. The van der Waals surface area contributed by atoms with E-state index < -0.39 is 0 Å². The summed E-state index contributed by atoms with van der Waals surface area (Å²) >= 11 is 5.38. The summed E-state index contributed by atoms with van der Waals surface area (Å²) in [5.74, 6) is 0.0550. The van der Waals surface area contributed by atoms with Crippen molar-refractivity contribution in [1.29, 1.82) is 0 Å². The van der Waals surface area contributed by atoms with Crippen molar-refractivity contribution in [3.8, 4) is 0 Å². The highest BCUT2D eigenvalue weighted by molar-refractivity contribution is 7.80. The van der Waals surface area contributed by atoms with Crippen LogP contribution in [0.15, 0.2) is 59.6 Å². The van der Waals surface area contributed by atoms with Crippen molar-refractivity contribution in [2.45, 2.75) is 25.8 Å². The van der Waals surface area contributed by atoms with Crippen LogP contribution in [0.3, 0.4) is 0 Å². The van der Waals surface area contributed by atoms with Gasteiger partial charge in [0.2, 0.25) is 0 Å². The van der Waals surface area contributed by atoms with Gasteiger partial charge < -0.3 is 22.1 Å². The number of nitrogens with zero attached hydrogens (tertiary/aromatic N) is 1. The Bertz CT molecular complexity index is 736. The first kappa shape index (κ1) is 18.7. The number of aliphatic imine (C=N–C) groups is 1. The molecule has 2 aromatic rings. The SMILES string of the molecule is CC(C)(CNC(=S)NCc1ccccc1)c1cccc(N=C(N)N)c1. The predicted octanol–water partition coefficient (Wildman–Crippen LogP) is 2.53. The zero-order valence-electron chi connectivity index (χ0n) is 14.6. The largest absolute Gasteiger partial charge is 0.370 e. The highest BCUT2D eigenvalue weighted by atomic mass is 32.1. The lowest BCUT2D eigenvalue weighted by atomic mass is 9.84. The zero-order valence-corrected chi connectivity index (χ0v) is 15.4. The quantitative estimate of drug-likeness (QED) is 0.363. The fourth-order valence-corrected chi connectivity index (χ4v) is 2.53. The van der Waals surface area contributed by atoms with Gasteiger partial charge in [0.05, 0.1) is 5.69 Å². The molecule has 0 saturated carbocycles. The molecule has 0 bridgehead atoms. The summed E-state index contributed by atoms with van der Waals surface area (Å²) in [7, 11) is 0. The van der Waals surface area contributed by atoms with Crippen molar-refractivity contribution in [2.75, 3.05) is 6.54 Å². The maximum atomic E-state index is 5.45. The van der Waals surface area contributed by atoms with Crippen LogP contribution >= 0.6 is 12.2 Å². The van der Waals surface area contributed by atoms with E-state index in [1.807, 2.05) is 36.4 Å². The highest BCUT2D eigenvalue weighted by Gasteiger charge is 2.21. The second-order valence-corrected chi connectivity index (χ2v) is 6.90. The monoisotopic (exact) mass is 355 g/mol. The average molecular weight is 356 g/mol. The molecule has 0 aliphatic rings. The summed E-state index contributed by atoms with van der Waals surface area (Å²) in [4.78, 5) is 4.11. The van der Waals surface area contributed by atoms with Gasteiger partial charge in [-0.3, -0.25) is 0 Å². The molecule has 132 valence electrons. The van der Waals surface area contributed by atoms with Crippen LogP contribution in [-0.2, 0) is 12.0 Å². The van der Waals surface area contributed by atoms with Crippen LogP contribution in [-0.4, -0.2) is 17.6 Å². The average Bonchev–Trinajstić information content (AvgIpc) is 2.59. The molecule has 0 saturated heterocycles. The maximum absolute atomic E-state index is 5.45. The number of hydrogen-bond donors (Lipinski definition) is 4. The number of nitrogens with one attached hydrogen (secondary N) is 2. The van der Waals surface area contributed by atoms with Crippen LogP contribution in [0.4, 0.5) is 5.69 Å². The van der Waals surface area contributed by atoms with Crippen LogP contribution in [0.5, 0.6) is 0 Å². The van der Waals surface area contributed by atoms with E-state index in [4.69, 9.17) is 23.7 Å². The summed E-state index contributed by atoms with van der Waals surface area (Å²) in [6.45, 7) is 5.69. The topological polar surface area (TPSA) is 88.5 Å². The molecule has 6 N–H and O–H groups in total. The van der Waals surface area contributed by atoms with Crippen LogP contribution in [0.25, 0.3) is 0 Å². The number of thiocarbonyl (C=S) groups is 1. The standard InChI is InChI=1S/C19H25N5S/c1-19(2,15-9-6-10-16(11-15)24-17(20)21)13-23-18(25)22-12-14-7-4-3-5-8-14/h3-11H,12-13H2,1-2H3,(H4,20,21,24)(H2,22,23,25). The van der Waals surface area contributed by atoms with E-state index in [1.54, 1.807) is 0 Å². The van der Waals surface area contributed by atoms with Gasteiger partial charge in [-0.2, -0.15) is 0 Å². The molecule has 5 nitrogen and oxygen atoms in total. The number of nitrogens with two attached hydrogens (primary N) is 2. The van der Waals surface area contributed by atoms with Crippen molar-refractivity contribution in [1.82, 2.24) is 10.6 Å². The van der Waals surface area contributed by atoms with Crippen LogP contribution < -0.4 is 22.1 Å². The fourth-order valence-electron chi connectivity index (χ4n) is 2.39. The molecule has 0 heterocycles. The van der Waals surface area contributed by atoms with Gasteiger partial charge in [-0.25, -0.2) is 4.99 Å². The van der Waals surface area contributed by atoms with Crippen LogP contribution in [0, 0.1) is 0 Å². The van der Waals surface area contributed by atoms with Crippen molar-refractivity contribution in [3.63, 3.8) is 0 Å². The van der Waals surface area contributed by atoms with E-state index in [9.17, 15) is 0 Å². The van der Waals surface area contributed by atoms with Crippen molar-refractivity contribution < 1.29 is 0 Å². The van der Waals surface area contributed by atoms with Crippen molar-refractivity contribution in [3.05, 3.63) is 65.7 Å². The van der Waals surface area contributed by atoms with E-state index in [2.05, 4.69) is 47.7 Å². The molecule has 0 unspecified atom stereocenters. The van der Waals surface area contributed by atoms with E-state index >= 15 is 0 Å². The summed E-state index contributed by atoms with van der Waals surface area (Å²) in [6, 6.07) is 18.0. The van der Waals surface area contributed by atoms with Gasteiger partial charge in [-0.15, -0.1) is 0 Å². The van der Waals surface area contributed by atoms with Gasteiger partial charge in [0.1, 0.15) is 0 Å². The Morgan fingerprint density at radius 3 is 2.44 bits per heavy atom. The molecule has 0 radical (unpaired) electrons. The molecule has 2 rings (SSSR count). The maximum Gasteiger partial charge on any atom is 0.191 e. The number of guanidine groups is 1. The molecular formula is C19H25N5S. The molecule has 2 aromatic carbocycles. The molecule has 0 amide bonds. The van der Waals surface area contributed by atoms with Gasteiger partial charge in [0.15, 0.2) is 11.1 Å². The minimum absolute atomic E-state index is 0.0550. The number of hydrogen-bond acceptors (Lipinski definition) is 2. The predicted molar refractivity (Wildman–Crippen MR) is 109 cm³/mol. The summed E-state index contributed by atoms with van der Waals surface area (Å²) in [5, 5.41) is 7.15. The second-order valence-electron chi connectivity index (χ2n) is 6.49. The van der Waals surface area contributed by atoms with Crippen molar-refractivity contribution >= 4 is 29.0 Å². The molecule has 0 spiro atoms. The van der Waals surface area contributed by atoms with E-state index in [0.29, 0.717) is 18.2 Å². The number of rotatable bonds is 6. The first-order valence-corrected chi connectivity index (χ1v) is 8.53. The lowest BCUT2D eigenvalue weighted by molar-refractivity contribution is 0.511. The summed E-state index contributed by atoms with van der Waals surface area (Å²) in [6.07, 6.45) is 0. The Kier molecular flexibility index (Phi) is 6.36. The Balaban J connectivity index is 1.92. The Labute approximate surface area is 154 Å². The molecule has 0 fully saturated rings. The Hall–Kier alpha value is -2.60. The van der Waals surface area contributed by atoms with Crippen LogP contribution in [0.2, 0.25) is 0 Å². The third-order valence-corrected chi connectivity index (χ3v) is 4.16. The normalized spacial score (nSPS) is 10.8. The minimum atomic E-state index is -0.132. The molecule has 6 heteroatoms. The molecule has 0 aliphatic carbocycles. The third kappa shape index (κ3) is 6.08. The van der Waals surface area contributed by atoms with Gasteiger partial charge in [-0.05, 0) is 35.5 Å². The zero-order chi connectivity index (χ0) is 18.3. The summed E-state index contributed by atoms with van der Waals surface area (Å²) < 4.78 is 0. The van der Waals surface area contributed by atoms with E-state index in [0.717, 1.165) is 11.3 Å². The minimum Gasteiger partial charge on any atom is -0.370 e. The van der Waals surface area contributed by atoms with Gasteiger partial charge in [0.25, 0.3) is 0 Å². The van der Waals surface area contributed by atoms with Crippen molar-refractivity contribution in [2.24, 2.45) is 16.5 Å². The lowest BCUT2D eigenvalue weighted by Gasteiger charge is -2.27. The smallest absolute Gasteiger partial charge is 0.191 e. The summed E-state index contributed by atoms with van der Waals surface area (Å²) in [5.41, 5.74) is 13.8. The first-order chi connectivity index (χ1) is 11.9. The third-order valence-electron chi connectivity index (χ3n) is 3.87. The van der Waals surface area contributed by atoms with E-state index in [-0.39, 0.29) is 11.4 Å². The van der Waals surface area contributed by atoms with Gasteiger partial charge >= 0.3 is 0 Å². The molecule has 25 heavy (non-hydrogen) atoms. The van der Waals surface area contributed by atoms with E-state index in [1.165, 1.54) is 5.56 Å². The number of benzene rings is 2. The highest BCUT2D eigenvalue weighted by Crippen LogP contribution is 2.26. The van der Waals surface area contributed by atoms with Gasteiger partial charge in [-0.1, -0.05) is 56.3 Å². The fraction of sp³-hybridized carbons (Fsp3) is 0.263. The van der Waals surface area contributed by atoms with Gasteiger partial charge in [0, 0.05) is 18.5 Å². The Morgan fingerprint density at radius 2 is 1.76 bits per heavy atom. The molecule has 0 aliphatic heterocycles. The van der Waals surface area contributed by atoms with Crippen LogP contribution in [0.1, 0.15) is 25.0 Å². The molecule has 0 aromatic heterocycles. The molecular weight excluding hydrogens is 330 g/mol. The molecule has 0 atom stereocenters. The second kappa shape index (κ2) is 8.48.